The molecule has 7 rings (SSSR count). The number of rotatable bonds is 4. The Morgan fingerprint density at radius 1 is 1.10 bits per heavy atom. The number of carbonyl (C=O) groups excluding carboxylic acids is 1. The molecule has 1 aromatic heterocycles. The van der Waals surface area contributed by atoms with Crippen molar-refractivity contribution in [3.63, 3.8) is 0 Å². The highest BCUT2D eigenvalue weighted by Crippen LogP contribution is 2.63. The largest absolute Gasteiger partial charge is 0.353 e. The molecule has 3 atom stereocenters. The van der Waals surface area contributed by atoms with Gasteiger partial charge in [-0.25, -0.2) is 4.68 Å². The van der Waals surface area contributed by atoms with E-state index in [1.165, 1.54) is 32.1 Å². The van der Waals surface area contributed by atoms with Gasteiger partial charge in [0.15, 0.2) is 0 Å². The number of nitrogens with zero attached hydrogens (tertiary/aromatic N) is 3. The van der Waals surface area contributed by atoms with Crippen LogP contribution in [-0.2, 0) is 0 Å². The molecular formula is C25H32N4O. The predicted molar refractivity (Wildman–Crippen MR) is 118 cm³/mol. The van der Waals surface area contributed by atoms with E-state index in [9.17, 15) is 4.79 Å². The zero-order valence-corrected chi connectivity index (χ0v) is 17.9. The molecule has 1 aliphatic heterocycles. The molecule has 158 valence electrons. The Morgan fingerprint density at radius 3 is 2.67 bits per heavy atom. The Balaban J connectivity index is 1.32. The highest BCUT2D eigenvalue weighted by molar-refractivity contribution is 5.99. The average Bonchev–Trinajstić information content (AvgIpc) is 3.36. The van der Waals surface area contributed by atoms with Gasteiger partial charge >= 0.3 is 0 Å². The summed E-state index contributed by atoms with van der Waals surface area (Å²) in [6.45, 7) is 3.24. The van der Waals surface area contributed by atoms with Gasteiger partial charge in [0.2, 0.25) is 0 Å². The Kier molecular flexibility index (Phi) is 4.22. The predicted octanol–water partition coefficient (Wildman–Crippen LogP) is 4.56. The minimum Gasteiger partial charge on any atom is -0.353 e. The van der Waals surface area contributed by atoms with Gasteiger partial charge in [0.25, 0.3) is 5.91 Å². The topological polar surface area (TPSA) is 50.2 Å². The summed E-state index contributed by atoms with van der Waals surface area (Å²) < 4.78 is 1.96. The van der Waals surface area contributed by atoms with Crippen LogP contribution in [-0.4, -0.2) is 34.3 Å². The third-order valence-corrected chi connectivity index (χ3v) is 8.47. The Morgan fingerprint density at radius 2 is 1.90 bits per heavy atom. The molecule has 5 heteroatoms. The first-order valence-electron chi connectivity index (χ1n) is 11.8. The first kappa shape index (κ1) is 18.5. The second-order valence-electron chi connectivity index (χ2n) is 10.4. The van der Waals surface area contributed by atoms with Crippen molar-refractivity contribution in [2.75, 3.05) is 11.4 Å². The molecule has 1 aromatic carbocycles. The van der Waals surface area contributed by atoms with E-state index >= 15 is 0 Å². The number of nitrogens with one attached hydrogen (secondary N) is 1. The van der Waals surface area contributed by atoms with Crippen molar-refractivity contribution in [2.24, 2.45) is 17.3 Å². The fourth-order valence-electron chi connectivity index (χ4n) is 7.15. The highest BCUT2D eigenvalue weighted by Gasteiger charge is 2.57. The number of aromatic nitrogens is 2. The van der Waals surface area contributed by atoms with E-state index in [1.54, 1.807) is 6.20 Å². The van der Waals surface area contributed by atoms with Crippen LogP contribution in [0.5, 0.6) is 0 Å². The van der Waals surface area contributed by atoms with Gasteiger partial charge < -0.3 is 10.2 Å². The minimum absolute atomic E-state index is 0.0677. The molecule has 4 saturated carbocycles. The van der Waals surface area contributed by atoms with Gasteiger partial charge in [-0.3, -0.25) is 4.79 Å². The minimum atomic E-state index is 0.0677. The molecule has 1 N–H and O–H groups in total. The monoisotopic (exact) mass is 404 g/mol. The summed E-state index contributed by atoms with van der Waals surface area (Å²) >= 11 is 0. The lowest BCUT2D eigenvalue weighted by Gasteiger charge is -2.62. The van der Waals surface area contributed by atoms with Crippen LogP contribution in [0.4, 0.5) is 5.82 Å². The van der Waals surface area contributed by atoms with E-state index < -0.39 is 0 Å². The lowest BCUT2D eigenvalue weighted by atomic mass is 9.45. The number of benzene rings is 1. The molecule has 3 unspecified atom stereocenters. The van der Waals surface area contributed by atoms with Crippen LogP contribution < -0.4 is 10.2 Å². The second kappa shape index (κ2) is 6.86. The molecule has 1 amide bonds. The maximum absolute atomic E-state index is 13.6. The van der Waals surface area contributed by atoms with Gasteiger partial charge in [0.1, 0.15) is 11.4 Å². The molecule has 30 heavy (non-hydrogen) atoms. The molecular weight excluding hydrogens is 372 g/mol. The molecule has 1 spiro atoms. The van der Waals surface area contributed by atoms with Crippen LogP contribution >= 0.6 is 0 Å². The Labute approximate surface area is 178 Å². The van der Waals surface area contributed by atoms with Crippen LogP contribution in [0.1, 0.15) is 68.6 Å². The lowest BCUT2D eigenvalue weighted by Crippen LogP contribution is -2.60. The smallest absolute Gasteiger partial charge is 0.256 e. The second-order valence-corrected chi connectivity index (χ2v) is 10.4. The summed E-state index contributed by atoms with van der Waals surface area (Å²) in [5.74, 6) is 2.86. The summed E-state index contributed by atoms with van der Waals surface area (Å²) in [7, 11) is 0. The summed E-state index contributed by atoms with van der Waals surface area (Å²) in [6.07, 6.45) is 12.0. The summed E-state index contributed by atoms with van der Waals surface area (Å²) in [5.41, 5.74) is 2.13. The number of anilines is 1. The quantitative estimate of drug-likeness (QED) is 0.813. The summed E-state index contributed by atoms with van der Waals surface area (Å²) in [6, 6.07) is 11.0. The van der Waals surface area contributed by atoms with Crippen molar-refractivity contribution in [3.05, 3.63) is 42.1 Å². The highest BCUT2D eigenvalue weighted by atomic mass is 16.1. The molecule has 5 nitrogen and oxygen atoms in total. The van der Waals surface area contributed by atoms with Crippen molar-refractivity contribution in [1.82, 2.24) is 15.1 Å². The molecule has 3 bridgehead atoms. The number of amides is 1. The van der Waals surface area contributed by atoms with E-state index in [0.29, 0.717) is 17.5 Å². The maximum Gasteiger partial charge on any atom is 0.256 e. The van der Waals surface area contributed by atoms with Gasteiger partial charge in [0.05, 0.1) is 11.9 Å². The maximum atomic E-state index is 13.6. The van der Waals surface area contributed by atoms with Crippen molar-refractivity contribution >= 4 is 11.7 Å². The van der Waals surface area contributed by atoms with Crippen LogP contribution in [0, 0.1) is 17.3 Å². The molecule has 5 aliphatic rings. The third-order valence-electron chi connectivity index (χ3n) is 8.47. The van der Waals surface area contributed by atoms with Crippen molar-refractivity contribution in [3.8, 4) is 5.69 Å². The Hall–Kier alpha value is -2.30. The average molecular weight is 405 g/mol. The number of hydrogen-bond acceptors (Lipinski definition) is 3. The van der Waals surface area contributed by atoms with Crippen molar-refractivity contribution in [2.45, 2.75) is 70.4 Å². The van der Waals surface area contributed by atoms with Crippen molar-refractivity contribution < 1.29 is 4.79 Å². The molecule has 1 saturated heterocycles. The van der Waals surface area contributed by atoms with E-state index in [-0.39, 0.29) is 5.91 Å². The molecule has 0 radical (unpaired) electrons. The first-order chi connectivity index (χ1) is 14.6. The van der Waals surface area contributed by atoms with Gasteiger partial charge in [-0.15, -0.1) is 0 Å². The third kappa shape index (κ3) is 2.81. The number of carbonyl (C=O) groups is 1. The molecule has 4 aliphatic carbocycles. The van der Waals surface area contributed by atoms with E-state index in [4.69, 9.17) is 0 Å². The van der Waals surface area contributed by atoms with Gasteiger partial charge in [-0.1, -0.05) is 18.2 Å². The van der Waals surface area contributed by atoms with Crippen molar-refractivity contribution in [1.29, 1.82) is 0 Å². The van der Waals surface area contributed by atoms with E-state index in [0.717, 1.165) is 54.7 Å². The summed E-state index contributed by atoms with van der Waals surface area (Å²) in [4.78, 5) is 16.0. The van der Waals surface area contributed by atoms with Crippen LogP contribution in [0.2, 0.25) is 0 Å². The lowest BCUT2D eigenvalue weighted by molar-refractivity contribution is -0.0940. The fourth-order valence-corrected chi connectivity index (χ4v) is 7.15. The Bertz CT molecular complexity index is 945. The molecule has 2 heterocycles. The standard InChI is InChI=1S/C25H32N4O/c1-17-6-5-11-28(17)24-21(16-26-29(24)20-7-3-2-4-8-20)23(30)27-22-10-9-18-12-19-14-25(22,13-18)15-19/h2-4,7-8,16-19,22H,5-6,9-15H2,1H3,(H,27,30). The summed E-state index contributed by atoms with van der Waals surface area (Å²) in [5, 5.41) is 8.18. The van der Waals surface area contributed by atoms with Crippen LogP contribution in [0.3, 0.4) is 0 Å². The zero-order valence-electron chi connectivity index (χ0n) is 17.9. The first-order valence-corrected chi connectivity index (χ1v) is 11.8. The molecule has 2 aromatic rings. The van der Waals surface area contributed by atoms with Gasteiger partial charge in [-0.05, 0) is 87.7 Å². The molecule has 5 fully saturated rings. The zero-order chi connectivity index (χ0) is 20.3. The van der Waals surface area contributed by atoms with E-state index in [1.807, 2.05) is 22.9 Å². The van der Waals surface area contributed by atoms with Crippen LogP contribution in [0.25, 0.3) is 5.69 Å². The SMILES string of the molecule is CC1CCCN1c1c(C(=O)NC2CCC3CC4CC2(C3)C4)cnn1-c1ccccc1. The number of para-hydroxylation sites is 1. The number of hydrogen-bond donors (Lipinski definition) is 1. The van der Waals surface area contributed by atoms with Gasteiger partial charge in [0, 0.05) is 18.6 Å². The van der Waals surface area contributed by atoms with Gasteiger partial charge in [-0.2, -0.15) is 5.10 Å². The fraction of sp³-hybridized carbons (Fsp3) is 0.600. The normalized spacial score (nSPS) is 34.5. The van der Waals surface area contributed by atoms with E-state index in [2.05, 4.69) is 34.4 Å². The van der Waals surface area contributed by atoms with Crippen LogP contribution in [0.15, 0.2) is 36.5 Å².